The van der Waals surface area contributed by atoms with Crippen molar-refractivity contribution in [2.45, 2.75) is 31.7 Å². The van der Waals surface area contributed by atoms with Crippen molar-refractivity contribution in [1.29, 1.82) is 0 Å². The average molecular weight is 288 g/mol. The van der Waals surface area contributed by atoms with Gasteiger partial charge in [-0.25, -0.2) is 0 Å². The standard InChI is InChI=1S/C13H21N3O2.ClH/c17-12-2-1-5-15(12)9-13(18)16-7-10-3-4-11(8-16)14-6-10;/h10-11,14H,1-9H2;1H/t10-,11-;/m0./s1. The van der Waals surface area contributed by atoms with Gasteiger partial charge in [-0.2, -0.15) is 0 Å². The number of piperidine rings is 1. The topological polar surface area (TPSA) is 52.7 Å². The summed E-state index contributed by atoms with van der Waals surface area (Å²) in [6, 6.07) is 0.460. The lowest BCUT2D eigenvalue weighted by atomic mass is 9.97. The zero-order valence-electron chi connectivity index (χ0n) is 11.1. The number of likely N-dealkylation sites (tertiary alicyclic amines) is 1. The van der Waals surface area contributed by atoms with E-state index in [9.17, 15) is 9.59 Å². The number of halogens is 1. The molecule has 0 aromatic carbocycles. The second kappa shape index (κ2) is 6.09. The first kappa shape index (κ1) is 14.6. The summed E-state index contributed by atoms with van der Waals surface area (Å²) in [5, 5.41) is 3.49. The first-order valence-electron chi connectivity index (χ1n) is 7.01. The van der Waals surface area contributed by atoms with Gasteiger partial charge in [-0.1, -0.05) is 0 Å². The van der Waals surface area contributed by atoms with E-state index in [2.05, 4.69) is 5.32 Å². The first-order chi connectivity index (χ1) is 8.72. The lowest BCUT2D eigenvalue weighted by Gasteiger charge is -2.25. The maximum Gasteiger partial charge on any atom is 0.242 e. The second-order valence-corrected chi connectivity index (χ2v) is 5.77. The van der Waals surface area contributed by atoms with Crippen molar-refractivity contribution >= 4 is 24.2 Å². The van der Waals surface area contributed by atoms with Crippen LogP contribution in [0.4, 0.5) is 0 Å². The van der Waals surface area contributed by atoms with Crippen molar-refractivity contribution in [3.63, 3.8) is 0 Å². The molecular weight excluding hydrogens is 266 g/mol. The highest BCUT2D eigenvalue weighted by atomic mass is 35.5. The summed E-state index contributed by atoms with van der Waals surface area (Å²) in [7, 11) is 0. The predicted octanol–water partition coefficient (Wildman–Crippen LogP) is 0.241. The van der Waals surface area contributed by atoms with Crippen LogP contribution in [0.1, 0.15) is 25.7 Å². The normalized spacial score (nSPS) is 30.2. The first-order valence-corrected chi connectivity index (χ1v) is 7.01. The molecule has 19 heavy (non-hydrogen) atoms. The van der Waals surface area contributed by atoms with Crippen LogP contribution in [-0.2, 0) is 9.59 Å². The fourth-order valence-corrected chi connectivity index (χ4v) is 3.28. The SMILES string of the molecule is Cl.O=C1CCCN1CC(=O)N1C[C@H]2CC[C@@H](C1)NC2. The van der Waals surface area contributed by atoms with Gasteiger partial charge in [0.25, 0.3) is 0 Å². The molecule has 4 aliphatic heterocycles. The summed E-state index contributed by atoms with van der Waals surface area (Å²) in [5.41, 5.74) is 0. The average Bonchev–Trinajstić information content (AvgIpc) is 2.60. The summed E-state index contributed by atoms with van der Waals surface area (Å²) < 4.78 is 0. The van der Waals surface area contributed by atoms with E-state index in [1.807, 2.05) is 4.90 Å². The quantitative estimate of drug-likeness (QED) is 0.792. The van der Waals surface area contributed by atoms with Crippen LogP contribution >= 0.6 is 12.4 Å². The number of nitrogens with one attached hydrogen (secondary N) is 1. The smallest absolute Gasteiger partial charge is 0.242 e. The lowest BCUT2D eigenvalue weighted by molar-refractivity contribution is -0.138. The lowest BCUT2D eigenvalue weighted by Crippen LogP contribution is -2.44. The van der Waals surface area contributed by atoms with Gasteiger partial charge in [-0.15, -0.1) is 12.4 Å². The molecule has 2 bridgehead atoms. The molecule has 2 atom stereocenters. The van der Waals surface area contributed by atoms with Crippen molar-refractivity contribution in [2.75, 3.05) is 32.7 Å². The Morgan fingerprint density at radius 1 is 1.32 bits per heavy atom. The molecule has 4 heterocycles. The van der Waals surface area contributed by atoms with Gasteiger partial charge in [0.2, 0.25) is 11.8 Å². The molecule has 1 N–H and O–H groups in total. The van der Waals surface area contributed by atoms with E-state index in [0.717, 1.165) is 32.6 Å². The van der Waals surface area contributed by atoms with Crippen molar-refractivity contribution in [3.8, 4) is 0 Å². The highest BCUT2D eigenvalue weighted by molar-refractivity contribution is 5.86. The molecule has 0 saturated carbocycles. The van der Waals surface area contributed by atoms with Crippen LogP contribution in [0.15, 0.2) is 0 Å². The van der Waals surface area contributed by atoms with Crippen molar-refractivity contribution in [2.24, 2.45) is 5.92 Å². The van der Waals surface area contributed by atoms with Crippen LogP contribution in [0.3, 0.4) is 0 Å². The molecule has 0 aromatic heterocycles. The molecule has 4 rings (SSSR count). The minimum Gasteiger partial charge on any atom is -0.339 e. The number of hydrogen-bond acceptors (Lipinski definition) is 3. The third-order valence-corrected chi connectivity index (χ3v) is 4.39. The van der Waals surface area contributed by atoms with Crippen molar-refractivity contribution in [1.82, 2.24) is 15.1 Å². The zero-order valence-corrected chi connectivity index (χ0v) is 12.0. The summed E-state index contributed by atoms with van der Waals surface area (Å²) in [6.45, 7) is 3.76. The number of carbonyl (C=O) groups excluding carboxylic acids is 2. The summed E-state index contributed by atoms with van der Waals surface area (Å²) in [4.78, 5) is 27.5. The Hall–Kier alpha value is -0.810. The molecule has 6 heteroatoms. The number of carbonyl (C=O) groups is 2. The van der Waals surface area contributed by atoms with Crippen molar-refractivity contribution in [3.05, 3.63) is 0 Å². The molecular formula is C13H22ClN3O2. The molecule has 0 aromatic rings. The minimum absolute atomic E-state index is 0. The van der Waals surface area contributed by atoms with Crippen LogP contribution in [-0.4, -0.2) is 60.4 Å². The Morgan fingerprint density at radius 2 is 2.16 bits per heavy atom. The van der Waals surface area contributed by atoms with Crippen LogP contribution in [0, 0.1) is 5.92 Å². The molecule has 108 valence electrons. The van der Waals surface area contributed by atoms with E-state index in [4.69, 9.17) is 0 Å². The zero-order chi connectivity index (χ0) is 12.5. The molecule has 0 spiro atoms. The van der Waals surface area contributed by atoms with Crippen LogP contribution in [0.5, 0.6) is 0 Å². The van der Waals surface area contributed by atoms with Crippen LogP contribution in [0.2, 0.25) is 0 Å². The van der Waals surface area contributed by atoms with Gasteiger partial charge in [0.1, 0.15) is 0 Å². The molecule has 0 unspecified atom stereocenters. The minimum atomic E-state index is 0. The number of rotatable bonds is 2. The maximum atomic E-state index is 12.3. The molecule has 2 amide bonds. The van der Waals surface area contributed by atoms with Gasteiger partial charge in [0.05, 0.1) is 6.54 Å². The van der Waals surface area contributed by atoms with Crippen LogP contribution < -0.4 is 5.32 Å². The Bertz CT molecular complexity index is 342. The largest absolute Gasteiger partial charge is 0.339 e. The Morgan fingerprint density at radius 3 is 2.79 bits per heavy atom. The third-order valence-electron chi connectivity index (χ3n) is 4.39. The Kier molecular flexibility index (Phi) is 4.68. The van der Waals surface area contributed by atoms with E-state index in [0.29, 0.717) is 18.4 Å². The van der Waals surface area contributed by atoms with E-state index in [1.54, 1.807) is 4.90 Å². The summed E-state index contributed by atoms with van der Waals surface area (Å²) in [5.74, 6) is 0.868. The molecule has 4 saturated heterocycles. The van der Waals surface area contributed by atoms with Gasteiger partial charge in [0.15, 0.2) is 0 Å². The van der Waals surface area contributed by atoms with Crippen molar-refractivity contribution < 1.29 is 9.59 Å². The predicted molar refractivity (Wildman–Crippen MR) is 74.2 cm³/mol. The monoisotopic (exact) mass is 287 g/mol. The highest BCUT2D eigenvalue weighted by Gasteiger charge is 2.32. The van der Waals surface area contributed by atoms with E-state index in [1.165, 1.54) is 12.8 Å². The Balaban J connectivity index is 0.00000133. The highest BCUT2D eigenvalue weighted by Crippen LogP contribution is 2.21. The van der Waals surface area contributed by atoms with E-state index in [-0.39, 0.29) is 30.8 Å². The maximum absolute atomic E-state index is 12.3. The molecule has 0 aliphatic carbocycles. The molecule has 0 radical (unpaired) electrons. The van der Waals surface area contributed by atoms with E-state index < -0.39 is 0 Å². The number of hydrogen-bond donors (Lipinski definition) is 1. The van der Waals surface area contributed by atoms with Gasteiger partial charge < -0.3 is 15.1 Å². The van der Waals surface area contributed by atoms with E-state index >= 15 is 0 Å². The fraction of sp³-hybridized carbons (Fsp3) is 0.846. The fourth-order valence-electron chi connectivity index (χ4n) is 3.28. The van der Waals surface area contributed by atoms with Gasteiger partial charge in [0, 0.05) is 32.1 Å². The molecule has 4 aliphatic rings. The summed E-state index contributed by atoms with van der Waals surface area (Å²) in [6.07, 6.45) is 3.92. The van der Waals surface area contributed by atoms with Gasteiger partial charge in [-0.3, -0.25) is 9.59 Å². The Labute approximate surface area is 120 Å². The third kappa shape index (κ3) is 3.20. The molecule has 5 nitrogen and oxygen atoms in total. The number of nitrogens with zero attached hydrogens (tertiary/aromatic N) is 2. The van der Waals surface area contributed by atoms with Crippen LogP contribution in [0.25, 0.3) is 0 Å². The summed E-state index contributed by atoms with van der Waals surface area (Å²) >= 11 is 0. The number of amides is 2. The van der Waals surface area contributed by atoms with Gasteiger partial charge >= 0.3 is 0 Å². The van der Waals surface area contributed by atoms with Gasteiger partial charge in [-0.05, 0) is 31.7 Å². The molecule has 4 fully saturated rings. The second-order valence-electron chi connectivity index (χ2n) is 5.77. The number of fused-ring (bicyclic) bond motifs is 4.